The number of benzene rings is 2. The lowest BCUT2D eigenvalue weighted by atomic mass is 10.2. The molecule has 0 fully saturated rings. The fourth-order valence-corrected chi connectivity index (χ4v) is 3.26. The molecule has 3 N–H and O–H groups in total. The summed E-state index contributed by atoms with van der Waals surface area (Å²) in [5.74, 6) is -2.04. The van der Waals surface area contributed by atoms with Crippen molar-refractivity contribution in [3.63, 3.8) is 0 Å². The number of carbonyl (C=O) groups is 2. The van der Waals surface area contributed by atoms with Gasteiger partial charge in [-0.3, -0.25) is 9.59 Å². The van der Waals surface area contributed by atoms with Gasteiger partial charge < -0.3 is 10.4 Å². The van der Waals surface area contributed by atoms with Gasteiger partial charge in [-0.25, -0.2) is 5.43 Å². The summed E-state index contributed by atoms with van der Waals surface area (Å²) in [5, 5.41) is 16.4. The molecule has 2 aromatic rings. The highest BCUT2D eigenvalue weighted by Crippen LogP contribution is 2.30. The lowest BCUT2D eigenvalue weighted by Gasteiger charge is -2.06. The molecule has 130 valence electrons. The standard InChI is InChI=1S/C15H9Br2Cl2N3O3/c16-8-3-7(13(23)10(17)4-8)6-20-22-15(25)14(24)21-12-5-9(18)1-2-11(12)19/h1-6,23H,(H,21,24)(H,22,25)/b20-6+. The third-order valence-corrected chi connectivity index (χ3v) is 4.44. The van der Waals surface area contributed by atoms with Gasteiger partial charge in [-0.05, 0) is 46.3 Å². The normalized spacial score (nSPS) is 10.7. The van der Waals surface area contributed by atoms with E-state index in [1.54, 1.807) is 18.2 Å². The van der Waals surface area contributed by atoms with E-state index in [1.165, 1.54) is 18.3 Å². The minimum absolute atomic E-state index is 0.0589. The first-order valence-corrected chi connectivity index (χ1v) is 8.89. The minimum atomic E-state index is -1.01. The molecule has 25 heavy (non-hydrogen) atoms. The third kappa shape index (κ3) is 5.43. The number of aromatic hydroxyl groups is 1. The Morgan fingerprint density at radius 3 is 2.56 bits per heavy atom. The molecule has 2 aromatic carbocycles. The van der Waals surface area contributed by atoms with Crippen LogP contribution in [0.5, 0.6) is 5.75 Å². The molecule has 2 amide bonds. The maximum absolute atomic E-state index is 11.8. The number of carbonyl (C=O) groups excluding carboxylic acids is 2. The SMILES string of the molecule is O=C(N/N=C/c1cc(Br)cc(Br)c1O)C(=O)Nc1cc(Cl)ccc1Cl. The van der Waals surface area contributed by atoms with Gasteiger partial charge in [0, 0.05) is 15.1 Å². The first kappa shape index (κ1) is 19.7. The van der Waals surface area contributed by atoms with E-state index in [1.807, 2.05) is 0 Å². The molecular formula is C15H9Br2Cl2N3O3. The van der Waals surface area contributed by atoms with Crippen LogP contribution in [0.4, 0.5) is 5.69 Å². The second kappa shape index (κ2) is 8.66. The number of halogens is 4. The molecule has 0 aliphatic heterocycles. The van der Waals surface area contributed by atoms with Gasteiger partial charge in [0.1, 0.15) is 5.75 Å². The molecule has 2 rings (SSSR count). The summed E-state index contributed by atoms with van der Waals surface area (Å²) in [5.41, 5.74) is 2.59. The molecule has 0 bridgehead atoms. The largest absolute Gasteiger partial charge is 0.506 e. The molecule has 0 aliphatic rings. The maximum atomic E-state index is 11.8. The molecule has 0 aromatic heterocycles. The smallest absolute Gasteiger partial charge is 0.329 e. The van der Waals surface area contributed by atoms with Crippen molar-refractivity contribution in [3.8, 4) is 5.75 Å². The average Bonchev–Trinajstić information content (AvgIpc) is 2.55. The molecule has 10 heteroatoms. The van der Waals surface area contributed by atoms with Crippen LogP contribution >= 0.6 is 55.1 Å². The lowest BCUT2D eigenvalue weighted by molar-refractivity contribution is -0.136. The van der Waals surface area contributed by atoms with Crippen LogP contribution in [0, 0.1) is 0 Å². The highest BCUT2D eigenvalue weighted by molar-refractivity contribution is 9.11. The Bertz CT molecular complexity index is 875. The number of phenolic OH excluding ortho intramolecular Hbond substituents is 1. The quantitative estimate of drug-likeness (QED) is 0.327. The number of nitrogens with one attached hydrogen (secondary N) is 2. The summed E-state index contributed by atoms with van der Waals surface area (Å²) >= 11 is 18.1. The van der Waals surface area contributed by atoms with E-state index in [0.29, 0.717) is 19.5 Å². The van der Waals surface area contributed by atoms with E-state index in [-0.39, 0.29) is 16.5 Å². The number of rotatable bonds is 3. The molecule has 6 nitrogen and oxygen atoms in total. The Labute approximate surface area is 169 Å². The van der Waals surface area contributed by atoms with Crippen LogP contribution in [0.15, 0.2) is 44.4 Å². The number of amides is 2. The number of nitrogens with zero attached hydrogens (tertiary/aromatic N) is 1. The first-order chi connectivity index (χ1) is 11.8. The van der Waals surface area contributed by atoms with Crippen LogP contribution in [-0.2, 0) is 9.59 Å². The summed E-state index contributed by atoms with van der Waals surface area (Å²) in [4.78, 5) is 23.6. The molecule has 0 unspecified atom stereocenters. The number of anilines is 1. The van der Waals surface area contributed by atoms with Crippen LogP contribution in [0.25, 0.3) is 0 Å². The van der Waals surface area contributed by atoms with Gasteiger partial charge in [0.15, 0.2) is 0 Å². The van der Waals surface area contributed by atoms with Gasteiger partial charge in [-0.1, -0.05) is 39.1 Å². The third-order valence-electron chi connectivity index (χ3n) is 2.81. The Morgan fingerprint density at radius 2 is 1.84 bits per heavy atom. The highest BCUT2D eigenvalue weighted by Gasteiger charge is 2.15. The van der Waals surface area contributed by atoms with Crippen molar-refractivity contribution in [2.45, 2.75) is 0 Å². The van der Waals surface area contributed by atoms with Crippen LogP contribution < -0.4 is 10.7 Å². The van der Waals surface area contributed by atoms with E-state index in [4.69, 9.17) is 23.2 Å². The number of hydrogen-bond donors (Lipinski definition) is 3. The molecule has 0 saturated heterocycles. The zero-order valence-electron chi connectivity index (χ0n) is 12.2. The predicted octanol–water partition coefficient (Wildman–Crippen LogP) is 4.31. The van der Waals surface area contributed by atoms with Gasteiger partial charge in [0.2, 0.25) is 0 Å². The van der Waals surface area contributed by atoms with E-state index in [2.05, 4.69) is 47.7 Å². The second-order valence-electron chi connectivity index (χ2n) is 4.60. The zero-order chi connectivity index (χ0) is 18.6. The number of phenols is 1. The molecule has 0 heterocycles. The van der Waals surface area contributed by atoms with Crippen molar-refractivity contribution >= 4 is 78.8 Å². The monoisotopic (exact) mass is 507 g/mol. The van der Waals surface area contributed by atoms with Crippen LogP contribution in [0.1, 0.15) is 5.56 Å². The molecule has 0 atom stereocenters. The molecule has 0 radical (unpaired) electrons. The Morgan fingerprint density at radius 1 is 1.12 bits per heavy atom. The fourth-order valence-electron chi connectivity index (χ4n) is 1.67. The van der Waals surface area contributed by atoms with Gasteiger partial charge in [0.05, 0.1) is 21.4 Å². The second-order valence-corrected chi connectivity index (χ2v) is 7.22. The fraction of sp³-hybridized carbons (Fsp3) is 0. The van der Waals surface area contributed by atoms with E-state index < -0.39 is 11.8 Å². The maximum Gasteiger partial charge on any atom is 0.329 e. The number of hydrazone groups is 1. The van der Waals surface area contributed by atoms with E-state index >= 15 is 0 Å². The van der Waals surface area contributed by atoms with Crippen molar-refractivity contribution in [2.24, 2.45) is 5.10 Å². The van der Waals surface area contributed by atoms with Gasteiger partial charge >= 0.3 is 11.8 Å². The zero-order valence-corrected chi connectivity index (χ0v) is 16.9. The highest BCUT2D eigenvalue weighted by atomic mass is 79.9. The summed E-state index contributed by atoms with van der Waals surface area (Å²) in [6.07, 6.45) is 1.20. The van der Waals surface area contributed by atoms with E-state index in [9.17, 15) is 14.7 Å². The first-order valence-electron chi connectivity index (χ1n) is 6.55. The van der Waals surface area contributed by atoms with Gasteiger partial charge in [-0.2, -0.15) is 5.10 Å². The summed E-state index contributed by atoms with van der Waals surface area (Å²) in [6.45, 7) is 0. The minimum Gasteiger partial charge on any atom is -0.506 e. The predicted molar refractivity (Wildman–Crippen MR) is 104 cm³/mol. The van der Waals surface area contributed by atoms with Crippen molar-refractivity contribution in [1.82, 2.24) is 5.43 Å². The van der Waals surface area contributed by atoms with Gasteiger partial charge in [-0.15, -0.1) is 0 Å². The topological polar surface area (TPSA) is 90.8 Å². The summed E-state index contributed by atoms with van der Waals surface area (Å²) in [6, 6.07) is 7.68. The van der Waals surface area contributed by atoms with Crippen molar-refractivity contribution in [3.05, 3.63) is 54.9 Å². The van der Waals surface area contributed by atoms with Crippen LogP contribution in [-0.4, -0.2) is 23.1 Å². The van der Waals surface area contributed by atoms with Crippen LogP contribution in [0.2, 0.25) is 10.0 Å². The summed E-state index contributed by atoms with van der Waals surface area (Å²) in [7, 11) is 0. The Balaban J connectivity index is 2.02. The summed E-state index contributed by atoms with van der Waals surface area (Å²) < 4.78 is 1.14. The van der Waals surface area contributed by atoms with Crippen molar-refractivity contribution < 1.29 is 14.7 Å². The Hall–Kier alpha value is -1.61. The Kier molecular flexibility index (Phi) is 6.83. The lowest BCUT2D eigenvalue weighted by Crippen LogP contribution is -2.32. The molecular weight excluding hydrogens is 501 g/mol. The van der Waals surface area contributed by atoms with Crippen molar-refractivity contribution in [1.29, 1.82) is 0 Å². The molecule has 0 spiro atoms. The van der Waals surface area contributed by atoms with Crippen molar-refractivity contribution in [2.75, 3.05) is 5.32 Å². The van der Waals surface area contributed by atoms with Crippen LogP contribution in [0.3, 0.4) is 0 Å². The molecule has 0 aliphatic carbocycles. The molecule has 0 saturated carbocycles. The average molecular weight is 510 g/mol. The van der Waals surface area contributed by atoms with Gasteiger partial charge in [0.25, 0.3) is 0 Å². The number of hydrogen-bond acceptors (Lipinski definition) is 4. The van der Waals surface area contributed by atoms with E-state index in [0.717, 1.165) is 0 Å².